The zero-order valence-electron chi connectivity index (χ0n) is 29.0. The Labute approximate surface area is 294 Å². The van der Waals surface area contributed by atoms with Crippen molar-refractivity contribution in [1.82, 2.24) is 10.2 Å². The third-order valence-corrected chi connectivity index (χ3v) is 13.1. The summed E-state index contributed by atoms with van der Waals surface area (Å²) >= 11 is 0. The van der Waals surface area contributed by atoms with Crippen LogP contribution in [0, 0.1) is 5.41 Å². The lowest BCUT2D eigenvalue weighted by atomic mass is 9.68. The second kappa shape index (κ2) is 15.6. The summed E-state index contributed by atoms with van der Waals surface area (Å²) < 4.78 is 35.6. The van der Waals surface area contributed by atoms with E-state index in [4.69, 9.17) is 4.74 Å². The first kappa shape index (κ1) is 36.8. The molecule has 0 aromatic heterocycles. The molecule has 0 radical (unpaired) electrons. The van der Waals surface area contributed by atoms with Crippen LogP contribution in [0.1, 0.15) is 86.1 Å². The molecule has 3 aliphatic heterocycles. The molecule has 3 heterocycles. The number of fused-ring (bicyclic) bond motifs is 3. The number of quaternary nitrogens is 1. The van der Waals surface area contributed by atoms with Crippen LogP contribution in [0.5, 0.6) is 5.75 Å². The Hall–Kier alpha value is -2.46. The van der Waals surface area contributed by atoms with Crippen LogP contribution in [0.15, 0.2) is 71.6 Å². The molecule has 2 fully saturated rings. The first-order chi connectivity index (χ1) is 22.7. The fourth-order valence-corrected chi connectivity index (χ4v) is 10.6. The number of piperazine rings is 1. The monoisotopic (exact) mass is 695 g/mol. The maximum Gasteiger partial charge on any atom is 0.179 e. The quantitative estimate of drug-likeness (QED) is 0.253. The molecule has 2 bridgehead atoms. The number of nitrogens with one attached hydrogen (secondary N) is 1. The van der Waals surface area contributed by atoms with E-state index >= 15 is 0 Å². The largest absolute Gasteiger partial charge is 1.00 e. The van der Waals surface area contributed by atoms with Crippen molar-refractivity contribution >= 4 is 9.84 Å². The van der Waals surface area contributed by atoms with Gasteiger partial charge in [0.1, 0.15) is 25.6 Å². The summed E-state index contributed by atoms with van der Waals surface area (Å²) in [7, 11) is -1.73. The molecular formula is C39H54ClN3O4S. The highest BCUT2D eigenvalue weighted by atomic mass is 35.5. The van der Waals surface area contributed by atoms with Gasteiger partial charge in [0.2, 0.25) is 0 Å². The Morgan fingerprint density at radius 3 is 2.12 bits per heavy atom. The molecule has 0 saturated carbocycles. The molecule has 9 heteroatoms. The molecule has 0 unspecified atom stereocenters. The summed E-state index contributed by atoms with van der Waals surface area (Å²) in [6.45, 7) is 12.6. The van der Waals surface area contributed by atoms with Crippen LogP contribution in [0.2, 0.25) is 0 Å². The molecule has 2 N–H and O–H groups in total. The van der Waals surface area contributed by atoms with Gasteiger partial charge in [-0.2, -0.15) is 0 Å². The topological polar surface area (TPSA) is 78.9 Å². The Morgan fingerprint density at radius 2 is 1.54 bits per heavy atom. The summed E-state index contributed by atoms with van der Waals surface area (Å²) in [5, 5.41) is 15.6. The van der Waals surface area contributed by atoms with Crippen molar-refractivity contribution in [2.75, 3.05) is 45.6 Å². The van der Waals surface area contributed by atoms with Gasteiger partial charge in [0.15, 0.2) is 9.84 Å². The highest BCUT2D eigenvalue weighted by molar-refractivity contribution is 7.91. The number of nitrogens with zero attached hydrogens (tertiary/aromatic N) is 2. The molecule has 2 saturated heterocycles. The van der Waals surface area contributed by atoms with Gasteiger partial charge >= 0.3 is 0 Å². The van der Waals surface area contributed by atoms with Crippen LogP contribution >= 0.6 is 0 Å². The number of halogens is 1. The molecule has 48 heavy (non-hydrogen) atoms. The maximum absolute atomic E-state index is 14.1. The number of ether oxygens (including phenoxy) is 1. The third-order valence-electron chi connectivity index (χ3n) is 11.1. The van der Waals surface area contributed by atoms with Gasteiger partial charge < -0.3 is 32.1 Å². The van der Waals surface area contributed by atoms with Crippen molar-refractivity contribution in [3.8, 4) is 5.75 Å². The Morgan fingerprint density at radius 1 is 0.917 bits per heavy atom. The van der Waals surface area contributed by atoms with Gasteiger partial charge in [-0.25, -0.2) is 13.3 Å². The fourth-order valence-electron chi connectivity index (χ4n) is 8.40. The van der Waals surface area contributed by atoms with Crippen molar-refractivity contribution in [2.24, 2.45) is 5.41 Å². The van der Waals surface area contributed by atoms with Gasteiger partial charge in [-0.15, -0.1) is 0 Å². The Balaban J connectivity index is 0.00000451. The smallest absolute Gasteiger partial charge is 0.179 e. The number of sulfone groups is 1. The van der Waals surface area contributed by atoms with Crippen molar-refractivity contribution in [3.05, 3.63) is 94.5 Å². The summed E-state index contributed by atoms with van der Waals surface area (Å²) in [6.07, 6.45) is 4.23. The van der Waals surface area contributed by atoms with E-state index in [1.54, 1.807) is 6.07 Å². The summed E-state index contributed by atoms with van der Waals surface area (Å²) in [5.74, 6) is 0.279. The number of unbranched alkanes of at least 4 members (excludes halogenated alkanes) is 2. The van der Waals surface area contributed by atoms with E-state index in [-0.39, 0.29) is 18.2 Å². The predicted molar refractivity (Wildman–Crippen MR) is 188 cm³/mol. The van der Waals surface area contributed by atoms with E-state index in [0.717, 1.165) is 54.7 Å². The molecule has 3 aromatic rings. The summed E-state index contributed by atoms with van der Waals surface area (Å²) in [4.78, 5) is 2.93. The molecule has 262 valence electrons. The van der Waals surface area contributed by atoms with Crippen molar-refractivity contribution in [2.45, 2.75) is 89.0 Å². The van der Waals surface area contributed by atoms with E-state index in [1.165, 1.54) is 42.9 Å². The van der Waals surface area contributed by atoms with Gasteiger partial charge in [-0.1, -0.05) is 88.1 Å². The van der Waals surface area contributed by atoms with Gasteiger partial charge in [0.25, 0.3) is 0 Å². The Bertz CT molecular complexity index is 1600. The second-order valence-corrected chi connectivity index (χ2v) is 16.5. The zero-order valence-corrected chi connectivity index (χ0v) is 30.5. The van der Waals surface area contributed by atoms with E-state index in [1.807, 2.05) is 43.4 Å². The van der Waals surface area contributed by atoms with Crippen molar-refractivity contribution < 1.29 is 35.2 Å². The van der Waals surface area contributed by atoms with Gasteiger partial charge in [-0.05, 0) is 60.3 Å². The van der Waals surface area contributed by atoms with Crippen LogP contribution < -0.4 is 22.5 Å². The normalized spacial score (nSPS) is 25.2. The molecule has 3 aliphatic rings. The second-order valence-electron chi connectivity index (χ2n) is 14.5. The third kappa shape index (κ3) is 7.79. The zero-order chi connectivity index (χ0) is 33.1. The lowest BCUT2D eigenvalue weighted by Gasteiger charge is -2.40. The van der Waals surface area contributed by atoms with Gasteiger partial charge in [0, 0.05) is 23.4 Å². The Kier molecular flexibility index (Phi) is 12.0. The molecular weight excluding hydrogens is 642 g/mol. The molecule has 7 nitrogen and oxygen atoms in total. The van der Waals surface area contributed by atoms with Crippen molar-refractivity contribution in [3.63, 3.8) is 0 Å². The number of aliphatic hydroxyl groups excluding tert-OH is 1. The van der Waals surface area contributed by atoms with Gasteiger partial charge in [0.05, 0.1) is 42.9 Å². The molecule has 3 aromatic carbocycles. The number of rotatable bonds is 14. The molecule has 6 rings (SSSR count). The fraction of sp³-hybridized carbons (Fsp3) is 0.538. The van der Waals surface area contributed by atoms with Crippen LogP contribution in [-0.2, 0) is 29.5 Å². The molecule has 0 amide bonds. The van der Waals surface area contributed by atoms with Crippen molar-refractivity contribution in [1.29, 1.82) is 0 Å². The summed E-state index contributed by atoms with van der Waals surface area (Å²) in [5.41, 5.74) is 4.43. The van der Waals surface area contributed by atoms with E-state index in [0.29, 0.717) is 36.5 Å². The first-order valence-electron chi connectivity index (χ1n) is 17.8. The molecule has 0 aliphatic carbocycles. The van der Waals surface area contributed by atoms with Gasteiger partial charge in [-0.3, -0.25) is 0 Å². The van der Waals surface area contributed by atoms with E-state index in [9.17, 15) is 13.5 Å². The minimum atomic E-state index is -3.62. The minimum Gasteiger partial charge on any atom is -1.00 e. The van der Waals surface area contributed by atoms with Crippen LogP contribution in [0.25, 0.3) is 0 Å². The van der Waals surface area contributed by atoms with Crippen LogP contribution in [-0.4, -0.2) is 74.7 Å². The first-order valence-corrected chi connectivity index (χ1v) is 19.4. The number of aliphatic hydroxyl groups is 1. The van der Waals surface area contributed by atoms with E-state index in [2.05, 4.69) is 48.3 Å². The maximum atomic E-state index is 14.1. The number of hydrogen-bond donors (Lipinski definition) is 2. The SMILES string of the molecule is CCCCC1(CCCC)CS(=O)(=O)c2ccc(CNC)cc2[C@@H](c2ccc(OCc3ccc(C[N+]45CCN(CC4)C5)cc3)cc2)[C@H]1O.[Cl-]. The predicted octanol–water partition coefficient (Wildman–Crippen LogP) is 3.24. The lowest BCUT2D eigenvalue weighted by molar-refractivity contribution is -0.921. The molecule has 0 spiro atoms. The number of hydrogen-bond acceptors (Lipinski definition) is 6. The molecule has 2 atom stereocenters. The average molecular weight is 696 g/mol. The average Bonchev–Trinajstić information content (AvgIpc) is 3.65. The lowest BCUT2D eigenvalue weighted by Crippen LogP contribution is -3.00. The number of benzene rings is 3. The standard InChI is InChI=1S/C39H54N3O4S.ClH/c1-4-6-18-39(19-7-5-2)28-47(44,45)36-17-12-32(25-40-3)24-35(36)37(38(39)43)33-13-15-34(16-14-33)46-27-31-10-8-30(9-11-31)26-42-22-20-41(29-42)21-23-42;/h8-17,24,37-38,40,43H,4-7,18-23,25-29H2,1-3H3;1H/q+1;/p-1/t37-,38-;/m1./s1. The van der Waals surface area contributed by atoms with E-state index < -0.39 is 27.3 Å². The highest BCUT2D eigenvalue weighted by Gasteiger charge is 2.49. The van der Waals surface area contributed by atoms with Crippen LogP contribution in [0.4, 0.5) is 0 Å². The highest BCUT2D eigenvalue weighted by Crippen LogP contribution is 2.50. The minimum absolute atomic E-state index is 0. The summed E-state index contributed by atoms with van der Waals surface area (Å²) in [6, 6.07) is 22.5. The van der Waals surface area contributed by atoms with Crippen LogP contribution in [0.3, 0.4) is 0 Å².